The van der Waals surface area contributed by atoms with E-state index in [-0.39, 0.29) is 18.4 Å². The molecule has 2 rings (SSSR count). The summed E-state index contributed by atoms with van der Waals surface area (Å²) >= 11 is 0. The molecule has 1 aliphatic carbocycles. The predicted octanol–water partition coefficient (Wildman–Crippen LogP) is 2.82. The van der Waals surface area contributed by atoms with Gasteiger partial charge in [-0.1, -0.05) is 32.6 Å². The molecule has 0 aromatic carbocycles. The average Bonchev–Trinajstić information content (AvgIpc) is 3.08. The first-order valence-electron chi connectivity index (χ1n) is 7.53. The lowest BCUT2D eigenvalue weighted by Gasteiger charge is -2.23. The van der Waals surface area contributed by atoms with E-state index in [2.05, 4.69) is 5.32 Å². The molecule has 1 aliphatic rings. The van der Waals surface area contributed by atoms with Crippen molar-refractivity contribution in [3.63, 3.8) is 0 Å². The van der Waals surface area contributed by atoms with Gasteiger partial charge in [-0.05, 0) is 31.4 Å². The summed E-state index contributed by atoms with van der Waals surface area (Å²) in [6, 6.07) is 3.45. The van der Waals surface area contributed by atoms with Crippen LogP contribution in [0.3, 0.4) is 0 Å². The highest BCUT2D eigenvalue weighted by molar-refractivity contribution is 5.78. The minimum absolute atomic E-state index is 0.00509. The van der Waals surface area contributed by atoms with Gasteiger partial charge in [-0.15, -0.1) is 0 Å². The number of furan rings is 1. The molecule has 2 unspecified atom stereocenters. The molecule has 0 radical (unpaired) electrons. The van der Waals surface area contributed by atoms with Crippen LogP contribution in [0, 0.1) is 11.8 Å². The number of nitrogens with one attached hydrogen (secondary N) is 1. The summed E-state index contributed by atoms with van der Waals surface area (Å²) in [7, 11) is 0. The fourth-order valence-electron chi connectivity index (χ4n) is 2.96. The Balaban J connectivity index is 1.79. The summed E-state index contributed by atoms with van der Waals surface area (Å²) in [5.41, 5.74) is -1.16. The number of carbonyl (C=O) groups is 1. The van der Waals surface area contributed by atoms with Crippen molar-refractivity contribution in [1.29, 1.82) is 0 Å². The number of aliphatic hydroxyl groups is 1. The summed E-state index contributed by atoms with van der Waals surface area (Å²) < 4.78 is 5.20. The van der Waals surface area contributed by atoms with Gasteiger partial charge in [0.15, 0.2) is 0 Å². The molecule has 0 saturated heterocycles. The van der Waals surface area contributed by atoms with Crippen molar-refractivity contribution in [3.8, 4) is 0 Å². The van der Waals surface area contributed by atoms with Gasteiger partial charge in [0.1, 0.15) is 11.4 Å². The Hall–Kier alpha value is -1.29. The number of carbonyl (C=O) groups excluding carboxylic acids is 1. The normalized spacial score (nSPS) is 20.6. The van der Waals surface area contributed by atoms with Gasteiger partial charge in [0.2, 0.25) is 5.91 Å². The molecule has 112 valence electrons. The van der Waals surface area contributed by atoms with E-state index in [0.29, 0.717) is 11.7 Å². The van der Waals surface area contributed by atoms with Gasteiger partial charge in [0.05, 0.1) is 12.8 Å². The molecule has 4 heteroatoms. The first-order chi connectivity index (χ1) is 9.49. The molecule has 2 N–H and O–H groups in total. The van der Waals surface area contributed by atoms with Gasteiger partial charge in [-0.25, -0.2) is 0 Å². The second kappa shape index (κ2) is 6.44. The molecule has 1 fully saturated rings. The van der Waals surface area contributed by atoms with Crippen molar-refractivity contribution in [2.24, 2.45) is 11.8 Å². The van der Waals surface area contributed by atoms with Crippen LogP contribution in [0.4, 0.5) is 0 Å². The van der Waals surface area contributed by atoms with Crippen molar-refractivity contribution < 1.29 is 14.3 Å². The molecule has 1 saturated carbocycles. The molecule has 2 atom stereocenters. The van der Waals surface area contributed by atoms with Crippen molar-refractivity contribution >= 4 is 5.91 Å². The fraction of sp³-hybridized carbons (Fsp3) is 0.688. The highest BCUT2D eigenvalue weighted by atomic mass is 16.4. The molecule has 1 aromatic heterocycles. The first kappa shape index (κ1) is 15.1. The van der Waals surface area contributed by atoms with Crippen LogP contribution < -0.4 is 5.32 Å². The third kappa shape index (κ3) is 3.85. The van der Waals surface area contributed by atoms with Gasteiger partial charge >= 0.3 is 0 Å². The van der Waals surface area contributed by atoms with Crippen LogP contribution in [0.1, 0.15) is 51.7 Å². The maximum Gasteiger partial charge on any atom is 0.222 e. The average molecular weight is 279 g/mol. The summed E-state index contributed by atoms with van der Waals surface area (Å²) in [4.78, 5) is 12.1. The van der Waals surface area contributed by atoms with E-state index in [0.717, 1.165) is 6.42 Å². The Kier molecular flexibility index (Phi) is 4.86. The summed E-state index contributed by atoms with van der Waals surface area (Å²) in [6.45, 7) is 3.79. The van der Waals surface area contributed by atoms with Gasteiger partial charge in [0, 0.05) is 5.92 Å². The third-order valence-electron chi connectivity index (χ3n) is 4.27. The van der Waals surface area contributed by atoms with E-state index in [1.165, 1.54) is 31.9 Å². The Bertz CT molecular complexity index is 419. The molecule has 4 nitrogen and oxygen atoms in total. The van der Waals surface area contributed by atoms with Crippen LogP contribution in [0.5, 0.6) is 0 Å². The van der Waals surface area contributed by atoms with Crippen LogP contribution in [-0.4, -0.2) is 17.6 Å². The van der Waals surface area contributed by atoms with E-state index in [9.17, 15) is 9.90 Å². The Morgan fingerprint density at radius 3 is 2.85 bits per heavy atom. The quantitative estimate of drug-likeness (QED) is 0.841. The Morgan fingerprint density at radius 1 is 1.55 bits per heavy atom. The van der Waals surface area contributed by atoms with E-state index in [1.54, 1.807) is 19.1 Å². The van der Waals surface area contributed by atoms with E-state index in [4.69, 9.17) is 4.42 Å². The zero-order chi connectivity index (χ0) is 14.6. The lowest BCUT2D eigenvalue weighted by Crippen LogP contribution is -2.40. The zero-order valence-corrected chi connectivity index (χ0v) is 12.4. The zero-order valence-electron chi connectivity index (χ0n) is 12.4. The summed E-state index contributed by atoms with van der Waals surface area (Å²) in [6.07, 6.45) is 7.57. The second-order valence-corrected chi connectivity index (χ2v) is 6.26. The van der Waals surface area contributed by atoms with E-state index in [1.807, 2.05) is 6.92 Å². The molecule has 1 heterocycles. The third-order valence-corrected chi connectivity index (χ3v) is 4.27. The molecule has 0 bridgehead atoms. The van der Waals surface area contributed by atoms with Crippen molar-refractivity contribution in [2.45, 2.75) is 51.6 Å². The van der Waals surface area contributed by atoms with Crippen molar-refractivity contribution in [2.75, 3.05) is 6.54 Å². The van der Waals surface area contributed by atoms with Crippen molar-refractivity contribution in [1.82, 2.24) is 5.32 Å². The monoisotopic (exact) mass is 279 g/mol. The van der Waals surface area contributed by atoms with Gasteiger partial charge in [-0.2, -0.15) is 0 Å². The molecular formula is C16H25NO3. The molecule has 20 heavy (non-hydrogen) atoms. The smallest absolute Gasteiger partial charge is 0.222 e. The molecule has 1 amide bonds. The highest BCUT2D eigenvalue weighted by Crippen LogP contribution is 2.30. The largest absolute Gasteiger partial charge is 0.466 e. The van der Waals surface area contributed by atoms with E-state index < -0.39 is 5.60 Å². The van der Waals surface area contributed by atoms with Crippen LogP contribution in [0.25, 0.3) is 0 Å². The van der Waals surface area contributed by atoms with Crippen LogP contribution in [-0.2, 0) is 10.4 Å². The highest BCUT2D eigenvalue weighted by Gasteiger charge is 2.28. The summed E-state index contributed by atoms with van der Waals surface area (Å²) in [5.74, 6) is 1.19. The minimum Gasteiger partial charge on any atom is -0.466 e. The van der Waals surface area contributed by atoms with Crippen molar-refractivity contribution in [3.05, 3.63) is 24.2 Å². The van der Waals surface area contributed by atoms with Crippen LogP contribution >= 0.6 is 0 Å². The minimum atomic E-state index is -1.16. The standard InChI is InChI=1S/C16H25NO3/c1-12(10-13-6-3-4-7-13)15(18)17-11-16(2,19)14-8-5-9-20-14/h5,8-9,12-13,19H,3-4,6-7,10-11H2,1-2H3,(H,17,18). The maximum absolute atomic E-state index is 12.1. The van der Waals surface area contributed by atoms with Gasteiger partial charge in [0.25, 0.3) is 0 Å². The Morgan fingerprint density at radius 2 is 2.25 bits per heavy atom. The van der Waals surface area contributed by atoms with E-state index >= 15 is 0 Å². The van der Waals surface area contributed by atoms with Crippen LogP contribution in [0.15, 0.2) is 22.8 Å². The Labute approximate surface area is 120 Å². The van der Waals surface area contributed by atoms with Crippen LogP contribution in [0.2, 0.25) is 0 Å². The SMILES string of the molecule is CC(CC1CCCC1)C(=O)NCC(C)(O)c1ccco1. The lowest BCUT2D eigenvalue weighted by molar-refractivity contribution is -0.126. The topological polar surface area (TPSA) is 62.5 Å². The predicted molar refractivity (Wildman–Crippen MR) is 77.0 cm³/mol. The first-order valence-corrected chi connectivity index (χ1v) is 7.53. The summed E-state index contributed by atoms with van der Waals surface area (Å²) in [5, 5.41) is 13.1. The maximum atomic E-state index is 12.1. The number of rotatable bonds is 6. The van der Waals surface area contributed by atoms with Gasteiger partial charge in [-0.3, -0.25) is 4.79 Å². The number of amides is 1. The molecule has 0 aliphatic heterocycles. The fourth-order valence-corrected chi connectivity index (χ4v) is 2.96. The van der Waals surface area contributed by atoms with Gasteiger partial charge < -0.3 is 14.8 Å². The number of hydrogen-bond donors (Lipinski definition) is 2. The molecule has 1 aromatic rings. The second-order valence-electron chi connectivity index (χ2n) is 6.26. The molecule has 0 spiro atoms. The molecular weight excluding hydrogens is 254 g/mol. The lowest BCUT2D eigenvalue weighted by atomic mass is 9.93. The number of hydrogen-bond acceptors (Lipinski definition) is 3.